The van der Waals surface area contributed by atoms with E-state index in [-0.39, 0.29) is 0 Å². The molecule has 6 heteroatoms. The van der Waals surface area contributed by atoms with E-state index >= 15 is 0 Å². The van der Waals surface area contributed by atoms with Crippen LogP contribution in [0.1, 0.15) is 49.9 Å². The van der Waals surface area contributed by atoms with Gasteiger partial charge in [0.1, 0.15) is 0 Å². The van der Waals surface area contributed by atoms with Crippen molar-refractivity contribution in [3.8, 4) is 0 Å². The van der Waals surface area contributed by atoms with Crippen LogP contribution in [0.2, 0.25) is 0 Å². The molecule has 1 aliphatic rings. The summed E-state index contributed by atoms with van der Waals surface area (Å²) < 4.78 is 0. The Morgan fingerprint density at radius 1 is 1.28 bits per heavy atom. The van der Waals surface area contributed by atoms with Crippen molar-refractivity contribution in [3.05, 3.63) is 16.1 Å². The van der Waals surface area contributed by atoms with Crippen LogP contribution in [0.5, 0.6) is 0 Å². The van der Waals surface area contributed by atoms with Crippen LogP contribution in [-0.4, -0.2) is 55.1 Å². The van der Waals surface area contributed by atoms with Gasteiger partial charge >= 0.3 is 0 Å². The van der Waals surface area contributed by atoms with Gasteiger partial charge in [-0.15, -0.1) is 11.3 Å². The Balaban J connectivity index is 1.72. The lowest BCUT2D eigenvalue weighted by Crippen LogP contribution is -2.39. The first-order valence-electron chi connectivity index (χ1n) is 9.89. The number of likely N-dealkylation sites (tertiary alicyclic amines) is 1. The second-order valence-electron chi connectivity index (χ2n) is 6.94. The molecule has 1 aromatic heterocycles. The summed E-state index contributed by atoms with van der Waals surface area (Å²) in [5.41, 5.74) is 0. The van der Waals surface area contributed by atoms with Crippen molar-refractivity contribution < 1.29 is 0 Å². The number of rotatable bonds is 9. The van der Waals surface area contributed by atoms with Crippen molar-refractivity contribution in [2.75, 3.05) is 39.3 Å². The fraction of sp³-hybridized carbons (Fsp3) is 0.789. The molecule has 5 nitrogen and oxygen atoms in total. The zero-order chi connectivity index (χ0) is 17.9. The molecule has 1 saturated heterocycles. The molecule has 1 fully saturated rings. The van der Waals surface area contributed by atoms with Gasteiger partial charge in [0.05, 0.1) is 5.01 Å². The Morgan fingerprint density at radius 3 is 2.76 bits per heavy atom. The molecule has 0 amide bonds. The average Bonchev–Trinajstić information content (AvgIpc) is 3.08. The second-order valence-corrected chi connectivity index (χ2v) is 8.14. The molecular weight excluding hydrogens is 330 g/mol. The monoisotopic (exact) mass is 365 g/mol. The molecule has 1 aromatic rings. The number of aromatic nitrogens is 1. The highest BCUT2D eigenvalue weighted by atomic mass is 32.1. The maximum absolute atomic E-state index is 4.78. The third kappa shape index (κ3) is 7.74. The first-order chi connectivity index (χ1) is 12.2. The van der Waals surface area contributed by atoms with Crippen LogP contribution in [0.4, 0.5) is 0 Å². The minimum atomic E-state index is 0.597. The van der Waals surface area contributed by atoms with E-state index in [1.54, 1.807) is 0 Å². The van der Waals surface area contributed by atoms with Crippen molar-refractivity contribution in [2.24, 2.45) is 10.9 Å². The number of aryl methyl sites for hydroxylation is 1. The molecule has 0 spiro atoms. The highest BCUT2D eigenvalue weighted by molar-refractivity contribution is 7.11. The molecular formula is C19H35N5S. The lowest BCUT2D eigenvalue weighted by atomic mass is 10.1. The van der Waals surface area contributed by atoms with Gasteiger partial charge in [0.2, 0.25) is 0 Å². The van der Waals surface area contributed by atoms with Crippen molar-refractivity contribution in [3.63, 3.8) is 0 Å². The highest BCUT2D eigenvalue weighted by Crippen LogP contribution is 2.13. The van der Waals surface area contributed by atoms with E-state index in [1.165, 1.54) is 48.8 Å². The molecule has 1 unspecified atom stereocenters. The number of hydrogen-bond acceptors (Lipinski definition) is 4. The van der Waals surface area contributed by atoms with Gasteiger partial charge in [0, 0.05) is 43.7 Å². The highest BCUT2D eigenvalue weighted by Gasteiger charge is 2.13. The number of thiazole rings is 1. The lowest BCUT2D eigenvalue weighted by molar-refractivity contribution is 0.203. The third-order valence-electron chi connectivity index (χ3n) is 4.51. The van der Waals surface area contributed by atoms with Gasteiger partial charge in [-0.3, -0.25) is 4.99 Å². The number of aliphatic imine (C=N–C) groups is 1. The van der Waals surface area contributed by atoms with E-state index in [4.69, 9.17) is 4.99 Å². The Morgan fingerprint density at radius 2 is 2.08 bits per heavy atom. The van der Waals surface area contributed by atoms with Gasteiger partial charge in [-0.25, -0.2) is 4.98 Å². The Kier molecular flexibility index (Phi) is 9.26. The zero-order valence-electron chi connectivity index (χ0n) is 16.2. The quantitative estimate of drug-likeness (QED) is 0.522. The Hall–Kier alpha value is -1.14. The molecule has 1 atom stereocenters. The summed E-state index contributed by atoms with van der Waals surface area (Å²) in [5.74, 6) is 1.53. The largest absolute Gasteiger partial charge is 0.357 e. The minimum Gasteiger partial charge on any atom is -0.357 e. The molecule has 2 N–H and O–H groups in total. The topological polar surface area (TPSA) is 52.6 Å². The van der Waals surface area contributed by atoms with Gasteiger partial charge in [0.25, 0.3) is 0 Å². The molecule has 1 aliphatic heterocycles. The SMILES string of the molecule is CCNC(=NCC(C)CN1CCCCC1)NCCc1ncc(CC)s1. The molecule has 2 heterocycles. The maximum Gasteiger partial charge on any atom is 0.191 e. The summed E-state index contributed by atoms with van der Waals surface area (Å²) in [6.07, 6.45) is 8.15. The number of guanidine groups is 1. The van der Waals surface area contributed by atoms with E-state index in [0.717, 1.165) is 38.4 Å². The van der Waals surface area contributed by atoms with Crippen molar-refractivity contribution in [1.82, 2.24) is 20.5 Å². The van der Waals surface area contributed by atoms with Crippen LogP contribution >= 0.6 is 11.3 Å². The van der Waals surface area contributed by atoms with Crippen LogP contribution in [0, 0.1) is 5.92 Å². The Labute approximate surface area is 157 Å². The maximum atomic E-state index is 4.78. The molecule has 142 valence electrons. The summed E-state index contributed by atoms with van der Waals surface area (Å²) in [4.78, 5) is 13.2. The minimum absolute atomic E-state index is 0.597. The summed E-state index contributed by atoms with van der Waals surface area (Å²) in [6, 6.07) is 0. The predicted octanol–water partition coefficient (Wildman–Crippen LogP) is 2.93. The first kappa shape index (κ1) is 20.2. The number of nitrogens with one attached hydrogen (secondary N) is 2. The summed E-state index contributed by atoms with van der Waals surface area (Å²) in [6.45, 7) is 12.9. The van der Waals surface area contributed by atoms with Gasteiger partial charge in [-0.05, 0) is 45.2 Å². The van der Waals surface area contributed by atoms with Crippen LogP contribution in [0.25, 0.3) is 0 Å². The second kappa shape index (κ2) is 11.5. The molecule has 0 radical (unpaired) electrons. The van der Waals surface area contributed by atoms with Crippen molar-refractivity contribution in [2.45, 2.75) is 52.9 Å². The molecule has 0 aliphatic carbocycles. The number of piperidine rings is 1. The predicted molar refractivity (Wildman–Crippen MR) is 109 cm³/mol. The fourth-order valence-electron chi connectivity index (χ4n) is 3.14. The van der Waals surface area contributed by atoms with Crippen LogP contribution in [-0.2, 0) is 12.8 Å². The van der Waals surface area contributed by atoms with Crippen molar-refractivity contribution >= 4 is 17.3 Å². The summed E-state index contributed by atoms with van der Waals surface area (Å²) in [7, 11) is 0. The molecule has 0 aromatic carbocycles. The van der Waals surface area contributed by atoms with Gasteiger partial charge in [-0.2, -0.15) is 0 Å². The van der Waals surface area contributed by atoms with E-state index in [1.807, 2.05) is 17.5 Å². The van der Waals surface area contributed by atoms with Crippen LogP contribution < -0.4 is 10.6 Å². The van der Waals surface area contributed by atoms with E-state index < -0.39 is 0 Å². The average molecular weight is 366 g/mol. The lowest BCUT2D eigenvalue weighted by Gasteiger charge is -2.28. The molecule has 25 heavy (non-hydrogen) atoms. The first-order valence-corrected chi connectivity index (χ1v) is 10.7. The third-order valence-corrected chi connectivity index (χ3v) is 5.71. The van der Waals surface area contributed by atoms with E-state index in [2.05, 4.69) is 41.3 Å². The fourth-order valence-corrected chi connectivity index (χ4v) is 4.01. The van der Waals surface area contributed by atoms with E-state index in [9.17, 15) is 0 Å². The number of nitrogens with zero attached hydrogens (tertiary/aromatic N) is 3. The molecule has 2 rings (SSSR count). The Bertz CT molecular complexity index is 508. The standard InChI is InChI=1S/C19H35N5S/c1-4-17-14-22-18(25-17)9-10-21-19(20-5-2)23-13-16(3)15-24-11-7-6-8-12-24/h14,16H,4-13,15H2,1-3H3,(H2,20,21,23). The van der Waals surface area contributed by atoms with Gasteiger partial charge in [0.15, 0.2) is 5.96 Å². The van der Waals surface area contributed by atoms with Gasteiger partial charge < -0.3 is 15.5 Å². The normalized spacial score (nSPS) is 17.5. The molecule has 0 bridgehead atoms. The van der Waals surface area contributed by atoms with Gasteiger partial charge in [-0.1, -0.05) is 20.3 Å². The number of hydrogen-bond donors (Lipinski definition) is 2. The summed E-state index contributed by atoms with van der Waals surface area (Å²) in [5, 5.41) is 8.01. The molecule has 0 saturated carbocycles. The van der Waals surface area contributed by atoms with E-state index in [0.29, 0.717) is 5.92 Å². The van der Waals surface area contributed by atoms with Crippen LogP contribution in [0.3, 0.4) is 0 Å². The zero-order valence-corrected chi connectivity index (χ0v) is 17.0. The smallest absolute Gasteiger partial charge is 0.191 e. The van der Waals surface area contributed by atoms with Crippen molar-refractivity contribution in [1.29, 1.82) is 0 Å². The summed E-state index contributed by atoms with van der Waals surface area (Å²) >= 11 is 1.82. The van der Waals surface area contributed by atoms with Crippen LogP contribution in [0.15, 0.2) is 11.2 Å².